The van der Waals surface area contributed by atoms with Crippen molar-refractivity contribution in [1.29, 1.82) is 0 Å². The summed E-state index contributed by atoms with van der Waals surface area (Å²) in [6.07, 6.45) is 1.64. The summed E-state index contributed by atoms with van der Waals surface area (Å²) in [5, 5.41) is 12.3. The van der Waals surface area contributed by atoms with Crippen LogP contribution in [0.3, 0.4) is 0 Å². The molecule has 0 unspecified atom stereocenters. The lowest BCUT2D eigenvalue weighted by molar-refractivity contribution is 0.271. The summed E-state index contributed by atoms with van der Waals surface area (Å²) >= 11 is 0. The maximum atomic E-state index is 9.02. The maximum absolute atomic E-state index is 9.02. The van der Waals surface area contributed by atoms with Gasteiger partial charge in [-0.1, -0.05) is 32.0 Å². The van der Waals surface area contributed by atoms with Crippen molar-refractivity contribution < 1.29 is 5.11 Å². The smallest absolute Gasteiger partial charge is 0.156 e. The molecule has 0 bridgehead atoms. The molecule has 0 atom stereocenters. The number of hydrogen-bond acceptors (Lipinski definition) is 4. The number of rotatable bonds is 4. The van der Waals surface area contributed by atoms with Crippen molar-refractivity contribution in [3.05, 3.63) is 47.9 Å². The molecular formula is C14H17N3O. The van der Waals surface area contributed by atoms with Crippen molar-refractivity contribution in [2.45, 2.75) is 26.4 Å². The zero-order chi connectivity index (χ0) is 13.0. The first-order chi connectivity index (χ1) is 8.70. The van der Waals surface area contributed by atoms with Crippen LogP contribution in [-0.4, -0.2) is 15.1 Å². The minimum atomic E-state index is -0.151. The van der Waals surface area contributed by atoms with Crippen LogP contribution in [0.15, 0.2) is 36.5 Å². The summed E-state index contributed by atoms with van der Waals surface area (Å²) in [4.78, 5) is 8.17. The van der Waals surface area contributed by atoms with Gasteiger partial charge in [0, 0.05) is 11.9 Å². The molecule has 0 saturated heterocycles. The predicted octanol–water partition coefficient (Wildman–Crippen LogP) is 2.84. The van der Waals surface area contributed by atoms with E-state index in [1.807, 2.05) is 18.2 Å². The largest absolute Gasteiger partial charge is 0.388 e. The molecule has 2 rings (SSSR count). The lowest BCUT2D eigenvalue weighted by Crippen LogP contribution is -2.02. The molecule has 4 nitrogen and oxygen atoms in total. The maximum Gasteiger partial charge on any atom is 0.156 e. The number of para-hydroxylation sites is 1. The van der Waals surface area contributed by atoms with E-state index in [1.54, 1.807) is 12.3 Å². The minimum absolute atomic E-state index is 0.151. The zero-order valence-electron chi connectivity index (χ0n) is 10.6. The van der Waals surface area contributed by atoms with Crippen LogP contribution in [0.2, 0.25) is 0 Å². The highest BCUT2D eigenvalue weighted by Gasteiger charge is 2.06. The number of aliphatic hydroxyl groups excluding tert-OH is 1. The minimum Gasteiger partial charge on any atom is -0.388 e. The van der Waals surface area contributed by atoms with Gasteiger partial charge >= 0.3 is 0 Å². The van der Waals surface area contributed by atoms with Crippen molar-refractivity contribution >= 4 is 11.5 Å². The van der Waals surface area contributed by atoms with Crippen LogP contribution in [0, 0.1) is 0 Å². The van der Waals surface area contributed by atoms with Crippen LogP contribution in [0.25, 0.3) is 0 Å². The Kier molecular flexibility index (Phi) is 3.89. The Bertz CT molecular complexity index is 526. The van der Waals surface area contributed by atoms with Crippen molar-refractivity contribution in [2.75, 3.05) is 5.32 Å². The number of nitrogens with zero attached hydrogens (tertiary/aromatic N) is 2. The van der Waals surface area contributed by atoms with Crippen LogP contribution in [-0.2, 0) is 6.61 Å². The van der Waals surface area contributed by atoms with Crippen LogP contribution in [0.4, 0.5) is 11.5 Å². The summed E-state index contributed by atoms with van der Waals surface area (Å²) in [7, 11) is 0. The third-order valence-electron chi connectivity index (χ3n) is 2.69. The molecule has 4 heteroatoms. The number of aromatic nitrogens is 2. The van der Waals surface area contributed by atoms with Gasteiger partial charge in [0.2, 0.25) is 0 Å². The van der Waals surface area contributed by atoms with E-state index in [1.165, 1.54) is 5.56 Å². The number of benzene rings is 1. The van der Waals surface area contributed by atoms with Gasteiger partial charge in [0.05, 0.1) is 0 Å². The predicted molar refractivity (Wildman–Crippen MR) is 71.8 cm³/mol. The Hall–Kier alpha value is -1.94. The molecule has 94 valence electrons. The van der Waals surface area contributed by atoms with Gasteiger partial charge in [-0.05, 0) is 23.6 Å². The first-order valence-corrected chi connectivity index (χ1v) is 5.99. The fraction of sp³-hybridized carbons (Fsp3) is 0.286. The molecule has 18 heavy (non-hydrogen) atoms. The molecule has 2 N–H and O–H groups in total. The van der Waals surface area contributed by atoms with Gasteiger partial charge in [-0.2, -0.15) is 0 Å². The SMILES string of the molecule is CC(C)c1ccccc1Nc1ccnc(CO)n1. The van der Waals surface area contributed by atoms with E-state index in [0.29, 0.717) is 17.6 Å². The van der Waals surface area contributed by atoms with E-state index in [0.717, 1.165) is 5.69 Å². The second-order valence-corrected chi connectivity index (χ2v) is 4.38. The lowest BCUT2D eigenvalue weighted by atomic mass is 10.0. The van der Waals surface area contributed by atoms with E-state index in [9.17, 15) is 0 Å². The Morgan fingerprint density at radius 3 is 2.72 bits per heavy atom. The van der Waals surface area contributed by atoms with Crippen LogP contribution in [0.1, 0.15) is 31.2 Å². The molecule has 0 aliphatic carbocycles. The molecule has 1 aromatic carbocycles. The number of hydrogen-bond donors (Lipinski definition) is 2. The number of anilines is 2. The van der Waals surface area contributed by atoms with Crippen LogP contribution in [0.5, 0.6) is 0 Å². The summed E-state index contributed by atoms with van der Waals surface area (Å²) < 4.78 is 0. The van der Waals surface area contributed by atoms with Crippen molar-refractivity contribution in [1.82, 2.24) is 9.97 Å². The van der Waals surface area contributed by atoms with Gasteiger partial charge < -0.3 is 10.4 Å². The Labute approximate surface area is 107 Å². The van der Waals surface area contributed by atoms with Crippen LogP contribution >= 0.6 is 0 Å². The van der Waals surface area contributed by atoms with Gasteiger partial charge in [-0.3, -0.25) is 0 Å². The molecule has 0 spiro atoms. The summed E-state index contributed by atoms with van der Waals surface area (Å²) in [6.45, 7) is 4.15. The van der Waals surface area contributed by atoms with Gasteiger partial charge in [0.25, 0.3) is 0 Å². The fourth-order valence-corrected chi connectivity index (χ4v) is 1.80. The first kappa shape index (κ1) is 12.5. The highest BCUT2D eigenvalue weighted by Crippen LogP contribution is 2.25. The molecule has 0 saturated carbocycles. The van der Waals surface area contributed by atoms with Gasteiger partial charge in [-0.25, -0.2) is 9.97 Å². The molecule has 1 aromatic heterocycles. The molecule has 0 radical (unpaired) electrons. The Morgan fingerprint density at radius 2 is 2.00 bits per heavy atom. The third kappa shape index (κ3) is 2.84. The van der Waals surface area contributed by atoms with Gasteiger partial charge in [-0.15, -0.1) is 0 Å². The van der Waals surface area contributed by atoms with E-state index in [4.69, 9.17) is 5.11 Å². The molecule has 1 heterocycles. The average Bonchev–Trinajstić information content (AvgIpc) is 2.39. The zero-order valence-corrected chi connectivity index (χ0v) is 10.6. The summed E-state index contributed by atoms with van der Waals surface area (Å²) in [6, 6.07) is 9.93. The quantitative estimate of drug-likeness (QED) is 0.867. The molecular weight excluding hydrogens is 226 g/mol. The highest BCUT2D eigenvalue weighted by molar-refractivity contribution is 5.61. The standard InChI is InChI=1S/C14H17N3O/c1-10(2)11-5-3-4-6-12(11)16-13-7-8-15-14(9-18)17-13/h3-8,10,18H,9H2,1-2H3,(H,15,16,17). The summed E-state index contributed by atoms with van der Waals surface area (Å²) in [5.41, 5.74) is 2.27. The molecule has 0 amide bonds. The molecule has 2 aromatic rings. The Balaban J connectivity index is 2.28. The topological polar surface area (TPSA) is 58.0 Å². The van der Waals surface area contributed by atoms with E-state index < -0.39 is 0 Å². The van der Waals surface area contributed by atoms with Crippen molar-refractivity contribution in [2.24, 2.45) is 0 Å². The Morgan fingerprint density at radius 1 is 1.22 bits per heavy atom. The van der Waals surface area contributed by atoms with Crippen molar-refractivity contribution in [3.8, 4) is 0 Å². The normalized spacial score (nSPS) is 10.7. The van der Waals surface area contributed by atoms with E-state index >= 15 is 0 Å². The third-order valence-corrected chi connectivity index (χ3v) is 2.69. The van der Waals surface area contributed by atoms with Crippen molar-refractivity contribution in [3.63, 3.8) is 0 Å². The number of aliphatic hydroxyl groups is 1. The second-order valence-electron chi connectivity index (χ2n) is 4.38. The van der Waals surface area contributed by atoms with Gasteiger partial charge in [0.15, 0.2) is 5.82 Å². The monoisotopic (exact) mass is 243 g/mol. The fourth-order valence-electron chi connectivity index (χ4n) is 1.80. The average molecular weight is 243 g/mol. The van der Waals surface area contributed by atoms with Crippen LogP contribution < -0.4 is 5.32 Å². The number of nitrogens with one attached hydrogen (secondary N) is 1. The highest BCUT2D eigenvalue weighted by atomic mass is 16.3. The first-order valence-electron chi connectivity index (χ1n) is 5.99. The second kappa shape index (κ2) is 5.60. The molecule has 0 aliphatic rings. The van der Waals surface area contributed by atoms with Gasteiger partial charge in [0.1, 0.15) is 12.4 Å². The molecule has 0 fully saturated rings. The van der Waals surface area contributed by atoms with E-state index in [2.05, 4.69) is 35.2 Å². The molecule has 0 aliphatic heterocycles. The lowest BCUT2D eigenvalue weighted by Gasteiger charge is -2.14. The summed E-state index contributed by atoms with van der Waals surface area (Å²) in [5.74, 6) is 1.55. The van der Waals surface area contributed by atoms with E-state index in [-0.39, 0.29) is 6.61 Å².